The Labute approximate surface area is 217 Å². The van der Waals surface area contributed by atoms with E-state index in [-0.39, 0.29) is 12.1 Å². The molecule has 1 aliphatic heterocycles. The molecule has 192 valence electrons. The van der Waals surface area contributed by atoms with E-state index in [0.717, 1.165) is 57.9 Å². The molecular formula is C30H35N5O2. The van der Waals surface area contributed by atoms with E-state index in [1.165, 1.54) is 25.7 Å². The molecule has 2 aliphatic rings. The fraction of sp³-hybridized carbons (Fsp3) is 0.433. The van der Waals surface area contributed by atoms with E-state index in [1.807, 2.05) is 33.0 Å². The monoisotopic (exact) mass is 497 g/mol. The number of ether oxygens (including phenoxy) is 1. The van der Waals surface area contributed by atoms with Crippen molar-refractivity contribution in [1.82, 2.24) is 24.8 Å². The van der Waals surface area contributed by atoms with Crippen molar-refractivity contribution in [1.29, 1.82) is 0 Å². The van der Waals surface area contributed by atoms with Gasteiger partial charge in [0, 0.05) is 12.5 Å². The standard InChI is InChI=1S/C30H35N5O2/c1-30(2,3)37-29(36)35-16-6-9-26(35)28-32-23-15-14-22(17-24(23)33-28)19-10-12-20(13-11-19)25-18-31-27(34-25)21-7-4-5-8-21/h10-15,17-18,21,26H,4-9,16H2,1-3H3,(H,31,34)(H,32,33)/t26-/m0/s1. The zero-order valence-corrected chi connectivity index (χ0v) is 21.9. The number of nitrogens with zero attached hydrogens (tertiary/aromatic N) is 3. The first-order chi connectivity index (χ1) is 17.8. The third-order valence-electron chi connectivity index (χ3n) is 7.56. The van der Waals surface area contributed by atoms with Gasteiger partial charge in [-0.25, -0.2) is 14.8 Å². The Morgan fingerprint density at radius 2 is 1.65 bits per heavy atom. The number of aromatic nitrogens is 4. The highest BCUT2D eigenvalue weighted by Crippen LogP contribution is 2.35. The SMILES string of the molecule is CC(C)(C)OC(=O)N1CCC[C@H]1c1nc2ccc(-c3ccc(-c4cnc(C5CCCC5)[nH]4)cc3)cc2[nH]1. The molecule has 0 radical (unpaired) electrons. The van der Waals surface area contributed by atoms with Crippen LogP contribution in [-0.4, -0.2) is 43.1 Å². The van der Waals surface area contributed by atoms with Crippen LogP contribution >= 0.6 is 0 Å². The molecule has 1 amide bonds. The lowest BCUT2D eigenvalue weighted by molar-refractivity contribution is 0.0219. The van der Waals surface area contributed by atoms with Crippen LogP contribution in [0.3, 0.4) is 0 Å². The van der Waals surface area contributed by atoms with Gasteiger partial charge in [0.15, 0.2) is 0 Å². The molecule has 0 unspecified atom stereocenters. The van der Waals surface area contributed by atoms with Crippen LogP contribution in [0.4, 0.5) is 4.79 Å². The maximum atomic E-state index is 12.8. The van der Waals surface area contributed by atoms with Gasteiger partial charge in [-0.05, 0) is 75.3 Å². The second kappa shape index (κ2) is 9.36. The summed E-state index contributed by atoms with van der Waals surface area (Å²) in [5.41, 5.74) is 5.86. The smallest absolute Gasteiger partial charge is 0.410 e. The number of amides is 1. The van der Waals surface area contributed by atoms with Crippen molar-refractivity contribution in [3.8, 4) is 22.4 Å². The number of hydrogen-bond acceptors (Lipinski definition) is 4. The molecule has 0 bridgehead atoms. The predicted octanol–water partition coefficient (Wildman–Crippen LogP) is 7.35. The average Bonchev–Trinajstić information content (AvgIpc) is 3.67. The number of carbonyl (C=O) groups is 1. The highest BCUT2D eigenvalue weighted by atomic mass is 16.6. The highest BCUT2D eigenvalue weighted by molar-refractivity contribution is 5.82. The van der Waals surface area contributed by atoms with Crippen molar-refractivity contribution in [3.05, 3.63) is 60.3 Å². The number of benzene rings is 2. The summed E-state index contributed by atoms with van der Waals surface area (Å²) in [5, 5.41) is 0. The first-order valence-corrected chi connectivity index (χ1v) is 13.5. The maximum absolute atomic E-state index is 12.8. The summed E-state index contributed by atoms with van der Waals surface area (Å²) in [6, 6.07) is 14.8. The van der Waals surface area contributed by atoms with Crippen molar-refractivity contribution in [2.45, 2.75) is 76.9 Å². The molecule has 2 aromatic heterocycles. The predicted molar refractivity (Wildman–Crippen MR) is 145 cm³/mol. The molecule has 2 aromatic carbocycles. The van der Waals surface area contributed by atoms with Crippen molar-refractivity contribution >= 4 is 17.1 Å². The molecule has 2 N–H and O–H groups in total. The Balaban J connectivity index is 1.21. The van der Waals surface area contributed by atoms with E-state index >= 15 is 0 Å². The van der Waals surface area contributed by atoms with Crippen molar-refractivity contribution < 1.29 is 9.53 Å². The summed E-state index contributed by atoms with van der Waals surface area (Å²) >= 11 is 0. The lowest BCUT2D eigenvalue weighted by atomic mass is 10.0. The van der Waals surface area contributed by atoms with Gasteiger partial charge in [0.2, 0.25) is 0 Å². The molecule has 6 rings (SSSR count). The van der Waals surface area contributed by atoms with E-state index in [0.29, 0.717) is 12.5 Å². The maximum Gasteiger partial charge on any atom is 0.410 e. The lowest BCUT2D eigenvalue weighted by Gasteiger charge is -2.27. The van der Waals surface area contributed by atoms with E-state index < -0.39 is 5.60 Å². The van der Waals surface area contributed by atoms with Gasteiger partial charge in [0.25, 0.3) is 0 Å². The Morgan fingerprint density at radius 1 is 0.919 bits per heavy atom. The van der Waals surface area contributed by atoms with Crippen LogP contribution in [0.2, 0.25) is 0 Å². The van der Waals surface area contributed by atoms with Gasteiger partial charge in [-0.15, -0.1) is 0 Å². The Morgan fingerprint density at radius 3 is 2.41 bits per heavy atom. The van der Waals surface area contributed by atoms with Crippen molar-refractivity contribution in [2.24, 2.45) is 0 Å². The third-order valence-corrected chi connectivity index (χ3v) is 7.56. The summed E-state index contributed by atoms with van der Waals surface area (Å²) in [6.07, 6.45) is 8.60. The number of H-pyrrole nitrogens is 2. The minimum absolute atomic E-state index is 0.0893. The van der Waals surface area contributed by atoms with E-state index in [1.54, 1.807) is 4.90 Å². The van der Waals surface area contributed by atoms with Crippen LogP contribution in [0.5, 0.6) is 0 Å². The molecule has 3 heterocycles. The van der Waals surface area contributed by atoms with E-state index in [2.05, 4.69) is 51.4 Å². The number of rotatable bonds is 4. The number of nitrogens with one attached hydrogen (secondary N) is 2. The van der Waals surface area contributed by atoms with E-state index in [4.69, 9.17) is 9.72 Å². The van der Waals surface area contributed by atoms with Crippen LogP contribution < -0.4 is 0 Å². The summed E-state index contributed by atoms with van der Waals surface area (Å²) < 4.78 is 5.63. The van der Waals surface area contributed by atoms with E-state index in [9.17, 15) is 4.79 Å². The van der Waals surface area contributed by atoms with Gasteiger partial charge in [0.05, 0.1) is 29.0 Å². The average molecular weight is 498 g/mol. The second-order valence-electron chi connectivity index (χ2n) is 11.4. The minimum Gasteiger partial charge on any atom is -0.444 e. The molecular weight excluding hydrogens is 462 g/mol. The lowest BCUT2D eigenvalue weighted by Crippen LogP contribution is -2.36. The number of fused-ring (bicyclic) bond motifs is 1. The molecule has 7 heteroatoms. The second-order valence-corrected chi connectivity index (χ2v) is 11.4. The molecule has 1 saturated carbocycles. The first-order valence-electron chi connectivity index (χ1n) is 13.5. The fourth-order valence-electron chi connectivity index (χ4n) is 5.69. The van der Waals surface area contributed by atoms with Gasteiger partial charge in [-0.2, -0.15) is 0 Å². The third kappa shape index (κ3) is 4.87. The highest BCUT2D eigenvalue weighted by Gasteiger charge is 2.35. The van der Waals surface area contributed by atoms with Crippen molar-refractivity contribution in [3.63, 3.8) is 0 Å². The number of hydrogen-bond donors (Lipinski definition) is 2. The summed E-state index contributed by atoms with van der Waals surface area (Å²) in [5.74, 6) is 2.53. The zero-order chi connectivity index (χ0) is 25.6. The summed E-state index contributed by atoms with van der Waals surface area (Å²) in [6.45, 7) is 6.38. The summed E-state index contributed by atoms with van der Waals surface area (Å²) in [7, 11) is 0. The number of likely N-dealkylation sites (tertiary alicyclic amines) is 1. The van der Waals surface area contributed by atoms with Crippen LogP contribution in [0.15, 0.2) is 48.7 Å². The van der Waals surface area contributed by atoms with Crippen molar-refractivity contribution in [2.75, 3.05) is 6.54 Å². The number of aromatic amines is 2. The molecule has 1 aliphatic carbocycles. The van der Waals surface area contributed by atoms with Gasteiger partial charge >= 0.3 is 6.09 Å². The Kier molecular flexibility index (Phi) is 6.01. The molecule has 7 nitrogen and oxygen atoms in total. The minimum atomic E-state index is -0.516. The molecule has 1 atom stereocenters. The normalized spacial score (nSPS) is 18.7. The first kappa shape index (κ1) is 23.8. The van der Waals surface area contributed by atoms with Gasteiger partial charge in [-0.1, -0.05) is 43.2 Å². The van der Waals surface area contributed by atoms with Gasteiger partial charge in [-0.3, -0.25) is 4.90 Å². The van der Waals surface area contributed by atoms with Crippen LogP contribution in [0.25, 0.3) is 33.4 Å². The largest absolute Gasteiger partial charge is 0.444 e. The van der Waals surface area contributed by atoms with Crippen LogP contribution in [-0.2, 0) is 4.74 Å². The molecule has 0 spiro atoms. The number of imidazole rings is 2. The van der Waals surface area contributed by atoms with Gasteiger partial charge in [0.1, 0.15) is 17.2 Å². The number of carbonyl (C=O) groups excluding carboxylic acids is 1. The van der Waals surface area contributed by atoms with Gasteiger partial charge < -0.3 is 14.7 Å². The zero-order valence-electron chi connectivity index (χ0n) is 21.9. The molecule has 4 aromatic rings. The Hall–Kier alpha value is -3.61. The molecule has 2 fully saturated rings. The quantitative estimate of drug-likeness (QED) is 0.309. The van der Waals surface area contributed by atoms with Crippen LogP contribution in [0, 0.1) is 0 Å². The Bertz CT molecular complexity index is 1410. The molecule has 1 saturated heterocycles. The fourth-order valence-corrected chi connectivity index (χ4v) is 5.69. The molecule has 37 heavy (non-hydrogen) atoms. The topological polar surface area (TPSA) is 86.9 Å². The summed E-state index contributed by atoms with van der Waals surface area (Å²) in [4.78, 5) is 31.1. The van der Waals surface area contributed by atoms with Crippen LogP contribution in [0.1, 0.15) is 82.9 Å².